The van der Waals surface area contributed by atoms with Gasteiger partial charge in [-0.15, -0.1) is 0 Å². The highest BCUT2D eigenvalue weighted by atomic mass is 16.1. The van der Waals surface area contributed by atoms with E-state index in [0.29, 0.717) is 17.1 Å². The Hall–Kier alpha value is -2.95. The van der Waals surface area contributed by atoms with Gasteiger partial charge in [-0.2, -0.15) is 0 Å². The molecule has 0 radical (unpaired) electrons. The molecule has 3 aromatic heterocycles. The van der Waals surface area contributed by atoms with Crippen LogP contribution in [0, 0.1) is 0 Å². The summed E-state index contributed by atoms with van der Waals surface area (Å²) in [4.78, 5) is 28.7. The second kappa shape index (κ2) is 6.00. The highest BCUT2D eigenvalue weighted by Gasteiger charge is 2.08. The first-order valence-corrected chi connectivity index (χ1v) is 6.48. The van der Waals surface area contributed by atoms with Crippen molar-refractivity contribution in [2.24, 2.45) is 0 Å². The molecule has 0 unspecified atom stereocenters. The Morgan fingerprint density at radius 3 is 2.33 bits per heavy atom. The van der Waals surface area contributed by atoms with Crippen LogP contribution >= 0.6 is 0 Å². The van der Waals surface area contributed by atoms with Crippen molar-refractivity contribution in [1.29, 1.82) is 0 Å². The molecule has 0 aliphatic carbocycles. The Morgan fingerprint density at radius 1 is 0.905 bits per heavy atom. The summed E-state index contributed by atoms with van der Waals surface area (Å²) in [5.41, 5.74) is 2.12. The van der Waals surface area contributed by atoms with Crippen molar-refractivity contribution in [3.63, 3.8) is 0 Å². The third-order valence-corrected chi connectivity index (χ3v) is 2.97. The van der Waals surface area contributed by atoms with Crippen molar-refractivity contribution in [3.8, 4) is 11.5 Å². The van der Waals surface area contributed by atoms with Crippen LogP contribution in [-0.2, 0) is 6.42 Å². The average molecular weight is 276 g/mol. The van der Waals surface area contributed by atoms with Crippen molar-refractivity contribution in [2.45, 2.75) is 6.42 Å². The van der Waals surface area contributed by atoms with Crippen LogP contribution in [0.5, 0.6) is 0 Å². The van der Waals surface area contributed by atoms with E-state index in [2.05, 4.69) is 19.9 Å². The van der Waals surface area contributed by atoms with Crippen LogP contribution in [0.3, 0.4) is 0 Å². The number of hydrogen-bond donors (Lipinski definition) is 0. The van der Waals surface area contributed by atoms with Gasteiger partial charge in [0.25, 0.3) is 0 Å². The topological polar surface area (TPSA) is 68.6 Å². The van der Waals surface area contributed by atoms with E-state index in [0.717, 1.165) is 5.56 Å². The summed E-state index contributed by atoms with van der Waals surface area (Å²) in [5, 5.41) is 0. The fourth-order valence-corrected chi connectivity index (χ4v) is 1.90. The van der Waals surface area contributed by atoms with E-state index in [1.54, 1.807) is 43.1 Å². The van der Waals surface area contributed by atoms with Gasteiger partial charge in [-0.25, -0.2) is 9.97 Å². The summed E-state index contributed by atoms with van der Waals surface area (Å²) in [7, 11) is 0. The molecule has 0 atom stereocenters. The Bertz CT molecular complexity index is 727. The Kier molecular flexibility index (Phi) is 3.73. The molecule has 0 saturated carbocycles. The van der Waals surface area contributed by atoms with Crippen molar-refractivity contribution in [1.82, 2.24) is 19.9 Å². The molecule has 21 heavy (non-hydrogen) atoms. The van der Waals surface area contributed by atoms with Crippen molar-refractivity contribution < 1.29 is 4.79 Å². The number of rotatable bonds is 4. The fourth-order valence-electron chi connectivity index (χ4n) is 1.90. The van der Waals surface area contributed by atoms with Crippen LogP contribution in [0.25, 0.3) is 11.5 Å². The van der Waals surface area contributed by atoms with E-state index in [9.17, 15) is 4.79 Å². The third kappa shape index (κ3) is 3.14. The lowest BCUT2D eigenvalue weighted by molar-refractivity contribution is 0.0992. The lowest BCUT2D eigenvalue weighted by atomic mass is 10.1. The largest absolute Gasteiger partial charge is 0.294 e. The van der Waals surface area contributed by atoms with Crippen LogP contribution in [0.1, 0.15) is 15.9 Å². The van der Waals surface area contributed by atoms with Crippen LogP contribution in [0.4, 0.5) is 0 Å². The van der Waals surface area contributed by atoms with Gasteiger partial charge in [0.15, 0.2) is 11.6 Å². The normalized spacial score (nSPS) is 10.3. The van der Waals surface area contributed by atoms with E-state index < -0.39 is 0 Å². The molecular formula is C16H12N4O. The van der Waals surface area contributed by atoms with Crippen molar-refractivity contribution in [2.75, 3.05) is 0 Å². The Balaban J connectivity index is 1.75. The van der Waals surface area contributed by atoms with E-state index in [4.69, 9.17) is 0 Å². The number of nitrogens with zero attached hydrogens (tertiary/aromatic N) is 4. The van der Waals surface area contributed by atoms with E-state index in [-0.39, 0.29) is 12.2 Å². The van der Waals surface area contributed by atoms with Gasteiger partial charge in [0, 0.05) is 43.0 Å². The van der Waals surface area contributed by atoms with Gasteiger partial charge >= 0.3 is 0 Å². The zero-order chi connectivity index (χ0) is 14.5. The number of Topliss-reactive ketones (excluding diaryl/α,β-unsaturated/α-hetero) is 1. The predicted octanol–water partition coefficient (Wildman–Crippen LogP) is 2.36. The highest BCUT2D eigenvalue weighted by molar-refractivity contribution is 5.97. The molecule has 5 heteroatoms. The number of carbonyl (C=O) groups excluding carboxylic acids is 1. The number of aromatic nitrogens is 4. The second-order valence-corrected chi connectivity index (χ2v) is 4.47. The SMILES string of the molecule is O=C(Cc1cnc(-c2ccccn2)nc1)c1ccncc1. The van der Waals surface area contributed by atoms with Gasteiger partial charge in [-0.3, -0.25) is 14.8 Å². The fraction of sp³-hybridized carbons (Fsp3) is 0.0625. The molecule has 3 heterocycles. The summed E-state index contributed by atoms with van der Waals surface area (Å²) in [6, 6.07) is 8.96. The van der Waals surface area contributed by atoms with Gasteiger partial charge in [-0.05, 0) is 29.8 Å². The molecule has 0 saturated heterocycles. The van der Waals surface area contributed by atoms with E-state index in [1.807, 2.05) is 18.2 Å². The predicted molar refractivity (Wildman–Crippen MR) is 77.5 cm³/mol. The van der Waals surface area contributed by atoms with E-state index >= 15 is 0 Å². The standard InChI is InChI=1S/C16H12N4O/c21-15(13-4-7-17-8-5-13)9-12-10-19-16(20-11-12)14-3-1-2-6-18-14/h1-8,10-11H,9H2. The Morgan fingerprint density at radius 2 is 1.67 bits per heavy atom. The quantitative estimate of drug-likeness (QED) is 0.684. The van der Waals surface area contributed by atoms with Crippen LogP contribution in [-0.4, -0.2) is 25.7 Å². The minimum Gasteiger partial charge on any atom is -0.294 e. The maximum Gasteiger partial charge on any atom is 0.178 e. The minimum atomic E-state index is 0.0200. The van der Waals surface area contributed by atoms with Gasteiger partial charge in [-0.1, -0.05) is 6.07 Å². The van der Waals surface area contributed by atoms with Gasteiger partial charge < -0.3 is 0 Å². The zero-order valence-electron chi connectivity index (χ0n) is 11.2. The van der Waals surface area contributed by atoms with Crippen LogP contribution in [0.2, 0.25) is 0 Å². The molecule has 3 rings (SSSR count). The summed E-state index contributed by atoms with van der Waals surface area (Å²) in [6.07, 6.45) is 8.50. The van der Waals surface area contributed by atoms with Crippen LogP contribution in [0.15, 0.2) is 61.3 Å². The maximum absolute atomic E-state index is 12.1. The maximum atomic E-state index is 12.1. The first kappa shape index (κ1) is 13.1. The summed E-state index contributed by atoms with van der Waals surface area (Å²) in [6.45, 7) is 0. The molecular weight excluding hydrogens is 264 g/mol. The first-order valence-electron chi connectivity index (χ1n) is 6.48. The lowest BCUT2D eigenvalue weighted by Crippen LogP contribution is -2.04. The van der Waals surface area contributed by atoms with Gasteiger partial charge in [0.05, 0.1) is 0 Å². The molecule has 0 aliphatic rings. The molecule has 0 aliphatic heterocycles. The molecule has 102 valence electrons. The number of hydrogen-bond acceptors (Lipinski definition) is 5. The van der Waals surface area contributed by atoms with Gasteiger partial charge in [0.1, 0.15) is 5.69 Å². The number of carbonyl (C=O) groups is 1. The van der Waals surface area contributed by atoms with Gasteiger partial charge in [0.2, 0.25) is 0 Å². The molecule has 0 aromatic carbocycles. The monoisotopic (exact) mass is 276 g/mol. The molecule has 0 spiro atoms. The molecule has 0 N–H and O–H groups in total. The summed E-state index contributed by atoms with van der Waals surface area (Å²) < 4.78 is 0. The molecule has 0 fully saturated rings. The van der Waals surface area contributed by atoms with Crippen LogP contribution < -0.4 is 0 Å². The van der Waals surface area contributed by atoms with Crippen molar-refractivity contribution in [3.05, 3.63) is 72.4 Å². The third-order valence-electron chi connectivity index (χ3n) is 2.97. The number of ketones is 1. The molecule has 3 aromatic rings. The molecule has 0 amide bonds. The molecule has 5 nitrogen and oxygen atoms in total. The Labute approximate surface area is 121 Å². The minimum absolute atomic E-state index is 0.0200. The highest BCUT2D eigenvalue weighted by Crippen LogP contribution is 2.11. The van der Waals surface area contributed by atoms with Crippen molar-refractivity contribution >= 4 is 5.78 Å². The second-order valence-electron chi connectivity index (χ2n) is 4.47. The lowest BCUT2D eigenvalue weighted by Gasteiger charge is -2.02. The molecule has 0 bridgehead atoms. The first-order chi connectivity index (χ1) is 10.3. The number of pyridine rings is 2. The summed E-state index contributed by atoms with van der Waals surface area (Å²) >= 11 is 0. The zero-order valence-corrected chi connectivity index (χ0v) is 11.2. The van der Waals surface area contributed by atoms with E-state index in [1.165, 1.54) is 0 Å². The average Bonchev–Trinajstić information content (AvgIpc) is 2.57. The smallest absolute Gasteiger partial charge is 0.178 e. The summed E-state index contributed by atoms with van der Waals surface area (Å²) in [5.74, 6) is 0.572.